The molecule has 1 amide bonds. The summed E-state index contributed by atoms with van der Waals surface area (Å²) < 4.78 is 2.13. The molecule has 0 aliphatic heterocycles. The van der Waals surface area contributed by atoms with Crippen molar-refractivity contribution in [1.82, 2.24) is 20.1 Å². The second kappa shape index (κ2) is 8.82. The van der Waals surface area contributed by atoms with Gasteiger partial charge in [-0.15, -0.1) is 0 Å². The minimum absolute atomic E-state index is 0.0878. The number of carbonyl (C=O) groups is 1. The van der Waals surface area contributed by atoms with Gasteiger partial charge in [0.2, 0.25) is 5.91 Å². The number of nitrogens with zero attached hydrogens (tertiary/aromatic N) is 3. The first-order chi connectivity index (χ1) is 12.6. The maximum Gasteiger partial charge on any atom is 0.255 e. The minimum Gasteiger partial charge on any atom is -0.391 e. The van der Waals surface area contributed by atoms with Crippen molar-refractivity contribution in [2.75, 3.05) is 35.2 Å². The minimum atomic E-state index is -0.768. The lowest BCUT2D eigenvalue weighted by molar-refractivity contribution is -0.653. The number of amides is 1. The Morgan fingerprint density at radius 3 is 2.52 bits per heavy atom. The van der Waals surface area contributed by atoms with E-state index >= 15 is 0 Å². The van der Waals surface area contributed by atoms with Crippen molar-refractivity contribution in [1.29, 1.82) is 0 Å². The van der Waals surface area contributed by atoms with Crippen LogP contribution in [-0.2, 0) is 24.8 Å². The van der Waals surface area contributed by atoms with Gasteiger partial charge in [0.1, 0.15) is 6.04 Å². The average molecular weight is 377 g/mol. The largest absolute Gasteiger partial charge is 0.391 e. The number of H-pyrrole nitrogens is 1. The molecule has 1 aromatic heterocycles. The number of likely N-dealkylation sites (N-methyl/N-ethyl adjacent to an activating group) is 2. The van der Waals surface area contributed by atoms with E-state index in [2.05, 4.69) is 52.1 Å². The molecule has 0 radical (unpaired) electrons. The second-order valence-electron chi connectivity index (χ2n) is 7.91. The van der Waals surface area contributed by atoms with Crippen molar-refractivity contribution < 1.29 is 14.5 Å². The van der Waals surface area contributed by atoms with Crippen molar-refractivity contribution in [2.45, 2.75) is 32.0 Å². The average Bonchev–Trinajstić information content (AvgIpc) is 2.89. The lowest BCUT2D eigenvalue weighted by Crippen LogP contribution is -2.52. The van der Waals surface area contributed by atoms with E-state index in [0.29, 0.717) is 6.42 Å². The zero-order chi connectivity index (χ0) is 20.3. The fourth-order valence-electron chi connectivity index (χ4n) is 3.59. The van der Waals surface area contributed by atoms with Crippen molar-refractivity contribution >= 4 is 16.9 Å². The van der Waals surface area contributed by atoms with Crippen LogP contribution in [0, 0.1) is 5.92 Å². The monoisotopic (exact) mass is 376 g/mol. The summed E-state index contributed by atoms with van der Waals surface area (Å²) in [5.41, 5.74) is 3.47. The molecule has 3 atom stereocenters. The van der Waals surface area contributed by atoms with Gasteiger partial charge < -0.3 is 15.3 Å². The Kier molecular flexibility index (Phi) is 6.97. The summed E-state index contributed by atoms with van der Waals surface area (Å²) in [6, 6.07) is 5.87. The molecule has 27 heavy (non-hydrogen) atoms. The number of rotatable bonds is 8. The van der Waals surface area contributed by atoms with E-state index in [-0.39, 0.29) is 11.8 Å². The summed E-state index contributed by atoms with van der Waals surface area (Å²) in [6.45, 7) is 2.87. The molecule has 0 aliphatic rings. The highest BCUT2D eigenvalue weighted by molar-refractivity contribution is 5.82. The molecule has 7 heteroatoms. The molecule has 0 saturated heterocycles. The Labute approximate surface area is 162 Å². The maximum atomic E-state index is 12.2. The first-order valence-corrected chi connectivity index (χ1v) is 9.36. The third kappa shape index (κ3) is 4.86. The van der Waals surface area contributed by atoms with Crippen molar-refractivity contribution in [2.24, 2.45) is 13.0 Å². The van der Waals surface area contributed by atoms with Gasteiger partial charge in [-0.1, -0.05) is 13.0 Å². The van der Waals surface area contributed by atoms with Crippen LogP contribution in [0.1, 0.15) is 18.3 Å². The molecule has 0 aliphatic carbocycles. The van der Waals surface area contributed by atoms with Gasteiger partial charge in [0.15, 0.2) is 11.0 Å². The number of aryl methyl sites for hydroxylation is 1. The molecule has 1 heterocycles. The van der Waals surface area contributed by atoms with Crippen LogP contribution in [0.2, 0.25) is 0 Å². The number of aliphatic hydroxyl groups excluding tert-OH is 1. The number of aromatic amines is 1. The van der Waals surface area contributed by atoms with Crippen LogP contribution >= 0.6 is 0 Å². The topological polar surface area (TPSA) is 75.5 Å². The number of nitrogens with one attached hydrogen (secondary N) is 2. The van der Waals surface area contributed by atoms with Crippen LogP contribution in [0.3, 0.4) is 0 Å². The van der Waals surface area contributed by atoms with E-state index in [1.807, 2.05) is 28.1 Å². The van der Waals surface area contributed by atoms with E-state index in [0.717, 1.165) is 23.4 Å². The van der Waals surface area contributed by atoms with E-state index in [4.69, 9.17) is 0 Å². The number of carbonyl (C=O) groups excluding carboxylic acids is 1. The SMILES string of the molecule is CNC(=O)[C@@H]([C@H](O)[C@H](C)Cc1[nH]c2cc(CN(C)C)ccc2[n+]1C)N(C)C. The lowest BCUT2D eigenvalue weighted by atomic mass is 9.93. The summed E-state index contributed by atoms with van der Waals surface area (Å²) in [5.74, 6) is 0.775. The van der Waals surface area contributed by atoms with E-state index < -0.39 is 12.1 Å². The summed E-state index contributed by atoms with van der Waals surface area (Å²) >= 11 is 0. The highest BCUT2D eigenvalue weighted by Gasteiger charge is 2.33. The Morgan fingerprint density at radius 2 is 1.96 bits per heavy atom. The third-order valence-electron chi connectivity index (χ3n) is 5.10. The fraction of sp³-hybridized carbons (Fsp3) is 0.600. The number of hydrogen-bond acceptors (Lipinski definition) is 4. The van der Waals surface area contributed by atoms with Crippen molar-refractivity contribution in [3.8, 4) is 0 Å². The number of benzene rings is 1. The van der Waals surface area contributed by atoms with Crippen LogP contribution < -0.4 is 9.88 Å². The molecule has 3 N–H and O–H groups in total. The summed E-state index contributed by atoms with van der Waals surface area (Å²) in [6.07, 6.45) is -0.118. The smallest absolute Gasteiger partial charge is 0.255 e. The van der Waals surface area contributed by atoms with Gasteiger partial charge in [0.05, 0.1) is 19.6 Å². The number of aromatic nitrogens is 2. The maximum absolute atomic E-state index is 12.2. The van der Waals surface area contributed by atoms with E-state index in [1.54, 1.807) is 11.9 Å². The molecule has 150 valence electrons. The van der Waals surface area contributed by atoms with Gasteiger partial charge in [-0.05, 0) is 51.8 Å². The Morgan fingerprint density at radius 1 is 1.30 bits per heavy atom. The predicted octanol–water partition coefficient (Wildman–Crippen LogP) is 0.270. The highest BCUT2D eigenvalue weighted by atomic mass is 16.3. The van der Waals surface area contributed by atoms with Gasteiger partial charge in [-0.2, -0.15) is 0 Å². The van der Waals surface area contributed by atoms with Crippen molar-refractivity contribution in [3.05, 3.63) is 29.6 Å². The van der Waals surface area contributed by atoms with Gasteiger partial charge in [-0.25, -0.2) is 9.55 Å². The molecule has 0 unspecified atom stereocenters. The molecule has 2 aromatic rings. The molecular weight excluding hydrogens is 342 g/mol. The van der Waals surface area contributed by atoms with Crippen LogP contribution in [0.25, 0.3) is 11.0 Å². The molecule has 2 rings (SSSR count). The van der Waals surface area contributed by atoms with Gasteiger partial charge >= 0.3 is 0 Å². The van der Waals surface area contributed by atoms with Crippen molar-refractivity contribution in [3.63, 3.8) is 0 Å². The number of imidazole rings is 1. The van der Waals surface area contributed by atoms with Crippen LogP contribution in [0.5, 0.6) is 0 Å². The quantitative estimate of drug-likeness (QED) is 0.578. The fourth-order valence-corrected chi connectivity index (χ4v) is 3.59. The molecule has 1 aromatic carbocycles. The second-order valence-corrected chi connectivity index (χ2v) is 7.91. The Hall–Kier alpha value is -1.96. The molecule has 0 fully saturated rings. The predicted molar refractivity (Wildman–Crippen MR) is 107 cm³/mol. The van der Waals surface area contributed by atoms with Gasteiger partial charge in [-0.3, -0.25) is 9.69 Å². The third-order valence-corrected chi connectivity index (χ3v) is 5.10. The van der Waals surface area contributed by atoms with Crippen LogP contribution in [0.4, 0.5) is 0 Å². The van der Waals surface area contributed by atoms with Gasteiger partial charge in [0, 0.05) is 13.6 Å². The first kappa shape index (κ1) is 21.3. The van der Waals surface area contributed by atoms with E-state index in [1.165, 1.54) is 5.56 Å². The summed E-state index contributed by atoms with van der Waals surface area (Å²) in [4.78, 5) is 19.6. The molecule has 0 spiro atoms. The molecule has 0 saturated carbocycles. The Bertz CT molecular complexity index is 784. The molecule has 7 nitrogen and oxygen atoms in total. The summed E-state index contributed by atoms with van der Waals surface area (Å²) in [7, 11) is 11.4. The Balaban J connectivity index is 2.23. The zero-order valence-corrected chi connectivity index (χ0v) is 17.6. The highest BCUT2D eigenvalue weighted by Crippen LogP contribution is 2.18. The number of fused-ring (bicyclic) bond motifs is 1. The standard InChI is InChI=1S/C20H33N5O2/c1-13(19(26)18(24(5)6)20(27)21-2)10-17-22-15-11-14(12-23(3)4)8-9-16(15)25(17)7/h8-9,11,13,18-19,26H,10,12H2,1-7H3,(H,21,27)/p+1/t13-,18-,19-/m1/s1. The lowest BCUT2D eigenvalue weighted by Gasteiger charge is -2.30. The van der Waals surface area contributed by atoms with Crippen LogP contribution in [-0.4, -0.2) is 73.2 Å². The number of hydrogen-bond donors (Lipinski definition) is 3. The molecular formula is C20H34N5O2+. The first-order valence-electron chi connectivity index (χ1n) is 9.36. The summed E-state index contributed by atoms with van der Waals surface area (Å²) in [5, 5.41) is 13.4. The van der Waals surface area contributed by atoms with Gasteiger partial charge in [0.25, 0.3) is 5.82 Å². The normalized spacial score (nSPS) is 15.3. The number of aliphatic hydroxyl groups is 1. The van der Waals surface area contributed by atoms with Crippen LogP contribution in [0.15, 0.2) is 18.2 Å². The zero-order valence-electron chi connectivity index (χ0n) is 17.6. The molecule has 0 bridgehead atoms. The van der Waals surface area contributed by atoms with E-state index in [9.17, 15) is 9.90 Å².